The Labute approximate surface area is 93.5 Å². The molecule has 1 amide bonds. The minimum atomic E-state index is -1.25. The van der Waals surface area contributed by atoms with E-state index in [0.717, 1.165) is 0 Å². The highest BCUT2D eigenvalue weighted by Gasteiger charge is 2.36. The molecule has 16 heavy (non-hydrogen) atoms. The second kappa shape index (κ2) is 3.96. The molecule has 6 heteroatoms. The first-order chi connectivity index (χ1) is 7.28. The van der Waals surface area contributed by atoms with Crippen molar-refractivity contribution in [3.8, 4) is 0 Å². The number of aliphatic carboxylic acids is 1. The van der Waals surface area contributed by atoms with Crippen molar-refractivity contribution in [1.29, 1.82) is 0 Å². The lowest BCUT2D eigenvalue weighted by Crippen LogP contribution is -2.51. The summed E-state index contributed by atoms with van der Waals surface area (Å²) in [6, 6.07) is 0. The summed E-state index contributed by atoms with van der Waals surface area (Å²) in [7, 11) is 3.14. The zero-order valence-electron chi connectivity index (χ0n) is 9.76. The molecule has 1 aromatic rings. The highest BCUT2D eigenvalue weighted by Crippen LogP contribution is 2.15. The van der Waals surface area contributed by atoms with Crippen LogP contribution in [0.15, 0.2) is 12.5 Å². The van der Waals surface area contributed by atoms with Gasteiger partial charge in [-0.1, -0.05) is 0 Å². The smallest absolute Gasteiger partial charge is 0.329 e. The zero-order valence-corrected chi connectivity index (χ0v) is 9.76. The lowest BCUT2D eigenvalue weighted by molar-refractivity contribution is -0.147. The summed E-state index contributed by atoms with van der Waals surface area (Å²) >= 11 is 0. The van der Waals surface area contributed by atoms with Gasteiger partial charge in [-0.3, -0.25) is 4.79 Å². The lowest BCUT2D eigenvalue weighted by atomic mass is 10.0. The highest BCUT2D eigenvalue weighted by molar-refractivity contribution is 5.96. The number of aromatic nitrogens is 2. The van der Waals surface area contributed by atoms with Crippen LogP contribution in [0, 0.1) is 0 Å². The van der Waals surface area contributed by atoms with Gasteiger partial charge < -0.3 is 14.6 Å². The fourth-order valence-electron chi connectivity index (χ4n) is 1.13. The molecule has 0 atom stereocenters. The van der Waals surface area contributed by atoms with Gasteiger partial charge in [-0.05, 0) is 13.8 Å². The first kappa shape index (κ1) is 12.2. The van der Waals surface area contributed by atoms with Gasteiger partial charge in [0.25, 0.3) is 5.91 Å². The first-order valence-electron chi connectivity index (χ1n) is 4.76. The highest BCUT2D eigenvalue weighted by atomic mass is 16.4. The molecule has 0 aliphatic carbocycles. The van der Waals surface area contributed by atoms with Crippen molar-refractivity contribution < 1.29 is 14.7 Å². The molecule has 0 spiro atoms. The van der Waals surface area contributed by atoms with Crippen LogP contribution in [-0.4, -0.2) is 44.0 Å². The largest absolute Gasteiger partial charge is 0.480 e. The number of hydrogen-bond acceptors (Lipinski definition) is 3. The number of likely N-dealkylation sites (N-methyl/N-ethyl adjacent to an activating group) is 1. The van der Waals surface area contributed by atoms with Crippen LogP contribution in [0.2, 0.25) is 0 Å². The van der Waals surface area contributed by atoms with E-state index in [1.54, 1.807) is 11.6 Å². The van der Waals surface area contributed by atoms with Gasteiger partial charge in [-0.2, -0.15) is 0 Å². The van der Waals surface area contributed by atoms with E-state index in [4.69, 9.17) is 5.11 Å². The number of nitrogens with zero attached hydrogens (tertiary/aromatic N) is 3. The molecule has 0 saturated heterocycles. The van der Waals surface area contributed by atoms with Crippen LogP contribution in [0.5, 0.6) is 0 Å². The van der Waals surface area contributed by atoms with E-state index < -0.39 is 11.5 Å². The lowest BCUT2D eigenvalue weighted by Gasteiger charge is -2.31. The summed E-state index contributed by atoms with van der Waals surface area (Å²) in [5.41, 5.74) is -0.890. The van der Waals surface area contributed by atoms with E-state index in [0.29, 0.717) is 5.69 Å². The molecule has 1 heterocycles. The van der Waals surface area contributed by atoms with Crippen LogP contribution < -0.4 is 0 Å². The Balaban J connectivity index is 3.00. The number of amides is 1. The molecular formula is C10H15N3O3. The number of carboxylic acids is 1. The van der Waals surface area contributed by atoms with Gasteiger partial charge in [0.1, 0.15) is 11.2 Å². The second-order valence-corrected chi connectivity index (χ2v) is 4.12. The molecule has 0 aromatic carbocycles. The molecule has 88 valence electrons. The van der Waals surface area contributed by atoms with Gasteiger partial charge >= 0.3 is 5.97 Å². The first-order valence-corrected chi connectivity index (χ1v) is 4.76. The maximum atomic E-state index is 12.0. The Morgan fingerprint density at radius 1 is 1.50 bits per heavy atom. The molecule has 0 aliphatic rings. The summed E-state index contributed by atoms with van der Waals surface area (Å²) < 4.78 is 1.55. The third-order valence-electron chi connectivity index (χ3n) is 2.70. The van der Waals surface area contributed by atoms with Crippen molar-refractivity contribution in [1.82, 2.24) is 14.5 Å². The molecular weight excluding hydrogens is 210 g/mol. The van der Waals surface area contributed by atoms with Gasteiger partial charge in [0.2, 0.25) is 0 Å². The summed E-state index contributed by atoms with van der Waals surface area (Å²) in [5, 5.41) is 9.01. The van der Waals surface area contributed by atoms with Crippen LogP contribution >= 0.6 is 0 Å². The average molecular weight is 225 g/mol. The third-order valence-corrected chi connectivity index (χ3v) is 2.70. The fourth-order valence-corrected chi connectivity index (χ4v) is 1.13. The minimum Gasteiger partial charge on any atom is -0.480 e. The summed E-state index contributed by atoms with van der Waals surface area (Å²) in [6.45, 7) is 2.95. The number of carbonyl (C=O) groups is 2. The maximum Gasteiger partial charge on any atom is 0.329 e. The van der Waals surface area contributed by atoms with E-state index in [-0.39, 0.29) is 5.91 Å². The van der Waals surface area contributed by atoms with Crippen LogP contribution in [0.25, 0.3) is 0 Å². The van der Waals surface area contributed by atoms with E-state index >= 15 is 0 Å². The normalized spacial score (nSPS) is 11.2. The molecule has 1 N–H and O–H groups in total. The Hall–Kier alpha value is -1.85. The van der Waals surface area contributed by atoms with Crippen molar-refractivity contribution in [3.05, 3.63) is 18.2 Å². The molecule has 6 nitrogen and oxygen atoms in total. The number of carbonyl (C=O) groups excluding carboxylic acids is 1. The molecule has 0 aliphatic heterocycles. The van der Waals surface area contributed by atoms with Crippen molar-refractivity contribution in [2.45, 2.75) is 19.4 Å². The number of hydrogen-bond donors (Lipinski definition) is 1. The fraction of sp³-hybridized carbons (Fsp3) is 0.500. The van der Waals surface area contributed by atoms with E-state index in [9.17, 15) is 9.59 Å². The van der Waals surface area contributed by atoms with Crippen molar-refractivity contribution >= 4 is 11.9 Å². The summed E-state index contributed by atoms with van der Waals surface area (Å²) in [4.78, 5) is 28.0. The van der Waals surface area contributed by atoms with E-state index in [1.807, 2.05) is 0 Å². The Morgan fingerprint density at radius 2 is 2.06 bits per heavy atom. The number of carboxylic acid groups (broad SMARTS) is 1. The van der Waals surface area contributed by atoms with E-state index in [2.05, 4.69) is 4.98 Å². The standard InChI is InChI=1S/C10H15N3O3/c1-10(2,9(15)16)13(4)8(14)7-5-11-6-12(7)3/h5-6H,1-4H3,(H,15,16). The molecule has 0 unspecified atom stereocenters. The Kier molecular flexibility index (Phi) is 3.02. The monoisotopic (exact) mass is 225 g/mol. The molecule has 0 bridgehead atoms. The van der Waals surface area contributed by atoms with Crippen molar-refractivity contribution in [2.24, 2.45) is 7.05 Å². The molecule has 0 saturated carbocycles. The molecule has 0 radical (unpaired) electrons. The van der Waals surface area contributed by atoms with Crippen LogP contribution in [0.3, 0.4) is 0 Å². The molecule has 0 fully saturated rings. The van der Waals surface area contributed by atoms with Crippen molar-refractivity contribution in [2.75, 3.05) is 7.05 Å². The maximum absolute atomic E-state index is 12.0. The van der Waals surface area contributed by atoms with Crippen molar-refractivity contribution in [3.63, 3.8) is 0 Å². The Bertz CT molecular complexity index is 423. The number of imidazole rings is 1. The zero-order chi connectivity index (χ0) is 12.5. The van der Waals surface area contributed by atoms with Crippen LogP contribution in [0.4, 0.5) is 0 Å². The quantitative estimate of drug-likeness (QED) is 0.805. The predicted octanol–water partition coefficient (Wildman–Crippen LogP) is 0.355. The average Bonchev–Trinajstić information content (AvgIpc) is 2.61. The van der Waals surface area contributed by atoms with E-state index in [1.165, 1.54) is 38.3 Å². The topological polar surface area (TPSA) is 75.4 Å². The number of aryl methyl sites for hydroxylation is 1. The summed E-state index contributed by atoms with van der Waals surface area (Å²) in [6.07, 6.45) is 2.91. The molecule has 1 rings (SSSR count). The van der Waals surface area contributed by atoms with Gasteiger partial charge in [0.15, 0.2) is 0 Å². The SMILES string of the molecule is CN(C(=O)c1cncn1C)C(C)(C)C(=O)O. The summed E-state index contributed by atoms with van der Waals surface area (Å²) in [5.74, 6) is -1.42. The number of rotatable bonds is 3. The van der Waals surface area contributed by atoms with Gasteiger partial charge in [0, 0.05) is 14.1 Å². The van der Waals surface area contributed by atoms with Gasteiger partial charge in [0.05, 0.1) is 12.5 Å². The molecule has 1 aromatic heterocycles. The van der Waals surface area contributed by atoms with Gasteiger partial charge in [-0.25, -0.2) is 9.78 Å². The van der Waals surface area contributed by atoms with Crippen LogP contribution in [0.1, 0.15) is 24.3 Å². The van der Waals surface area contributed by atoms with Crippen LogP contribution in [-0.2, 0) is 11.8 Å². The predicted molar refractivity (Wildman–Crippen MR) is 57.0 cm³/mol. The second-order valence-electron chi connectivity index (χ2n) is 4.12. The Morgan fingerprint density at radius 3 is 2.44 bits per heavy atom. The third kappa shape index (κ3) is 1.91. The van der Waals surface area contributed by atoms with Gasteiger partial charge in [-0.15, -0.1) is 0 Å². The minimum absolute atomic E-state index is 0.358.